The molecule has 0 radical (unpaired) electrons. The molecule has 0 unspecified atom stereocenters. The molecule has 0 saturated carbocycles. The molecule has 23 heavy (non-hydrogen) atoms. The van der Waals surface area contributed by atoms with Crippen LogP contribution >= 0.6 is 11.6 Å². The number of nitrogens with zero attached hydrogens (tertiary/aromatic N) is 2. The molecule has 0 aliphatic carbocycles. The van der Waals surface area contributed by atoms with E-state index in [1.165, 1.54) is 5.56 Å². The van der Waals surface area contributed by atoms with E-state index >= 15 is 0 Å². The Hall–Kier alpha value is -1.91. The summed E-state index contributed by atoms with van der Waals surface area (Å²) in [6.07, 6.45) is 1.57. The van der Waals surface area contributed by atoms with Gasteiger partial charge in [0.15, 0.2) is 0 Å². The number of hydrogen-bond donors (Lipinski definition) is 1. The average molecular weight is 328 g/mol. The summed E-state index contributed by atoms with van der Waals surface area (Å²) in [6.45, 7) is 2.69. The van der Waals surface area contributed by atoms with Crippen LogP contribution in [-0.4, -0.2) is 28.9 Å². The van der Waals surface area contributed by atoms with E-state index in [-0.39, 0.29) is 5.91 Å². The lowest BCUT2D eigenvalue weighted by Gasteiger charge is -2.37. The smallest absolute Gasteiger partial charge is 0.236 e. The predicted octanol–water partition coefficient (Wildman–Crippen LogP) is 3.22. The van der Waals surface area contributed by atoms with Crippen molar-refractivity contribution in [3.05, 3.63) is 58.9 Å². The molecule has 0 bridgehead atoms. The number of hydrogen-bond acceptors (Lipinski definition) is 3. The number of amides is 1. The molecule has 1 fully saturated rings. The molecule has 1 N–H and O–H groups in total. The topological polar surface area (TPSA) is 45.2 Å². The van der Waals surface area contributed by atoms with Crippen molar-refractivity contribution in [1.82, 2.24) is 9.88 Å². The van der Waals surface area contributed by atoms with E-state index in [9.17, 15) is 4.79 Å². The molecule has 1 spiro atoms. The number of rotatable bonds is 2. The van der Waals surface area contributed by atoms with E-state index in [1.54, 1.807) is 6.07 Å². The highest BCUT2D eigenvalue weighted by molar-refractivity contribution is 6.29. The SMILES string of the molecule is O=C1Nc2ccc(Cl)nc2C12CCN(Cc1ccccc1)CC2. The van der Waals surface area contributed by atoms with Gasteiger partial charge in [0.25, 0.3) is 0 Å². The Kier molecular flexibility index (Phi) is 3.58. The Labute approximate surface area is 140 Å². The first-order chi connectivity index (χ1) is 11.2. The molecule has 2 aromatic rings. The maximum absolute atomic E-state index is 12.6. The fourth-order valence-corrected chi connectivity index (χ4v) is 3.80. The molecule has 1 saturated heterocycles. The Balaban J connectivity index is 1.53. The monoisotopic (exact) mass is 327 g/mol. The highest BCUT2D eigenvalue weighted by Crippen LogP contribution is 2.44. The van der Waals surface area contributed by atoms with Crippen LogP contribution in [0.5, 0.6) is 0 Å². The maximum atomic E-state index is 12.6. The lowest BCUT2D eigenvalue weighted by molar-refractivity contribution is -0.122. The van der Waals surface area contributed by atoms with E-state index in [0.717, 1.165) is 43.9 Å². The molecular weight excluding hydrogens is 310 g/mol. The van der Waals surface area contributed by atoms with E-state index < -0.39 is 5.41 Å². The third-order valence-electron chi connectivity index (χ3n) is 4.96. The van der Waals surface area contributed by atoms with Gasteiger partial charge in [-0.25, -0.2) is 4.98 Å². The second-order valence-corrected chi connectivity index (χ2v) is 6.72. The zero-order valence-corrected chi connectivity index (χ0v) is 13.5. The molecule has 3 heterocycles. The minimum absolute atomic E-state index is 0.0710. The number of benzene rings is 1. The number of likely N-dealkylation sites (tertiary alicyclic amines) is 1. The van der Waals surface area contributed by atoms with Crippen molar-refractivity contribution < 1.29 is 4.79 Å². The summed E-state index contributed by atoms with van der Waals surface area (Å²) in [7, 11) is 0. The van der Waals surface area contributed by atoms with Crippen LogP contribution < -0.4 is 5.32 Å². The van der Waals surface area contributed by atoms with Crippen molar-refractivity contribution in [1.29, 1.82) is 0 Å². The summed E-state index contributed by atoms with van der Waals surface area (Å²) < 4.78 is 0. The number of nitrogens with one attached hydrogen (secondary N) is 1. The van der Waals surface area contributed by atoms with Crippen LogP contribution in [0, 0.1) is 0 Å². The Morgan fingerprint density at radius 1 is 1.13 bits per heavy atom. The van der Waals surface area contributed by atoms with E-state index in [1.807, 2.05) is 12.1 Å². The van der Waals surface area contributed by atoms with E-state index in [4.69, 9.17) is 11.6 Å². The lowest BCUT2D eigenvalue weighted by atomic mass is 9.76. The number of fused-ring (bicyclic) bond motifs is 2. The van der Waals surface area contributed by atoms with Crippen LogP contribution in [0.25, 0.3) is 0 Å². The van der Waals surface area contributed by atoms with Gasteiger partial charge < -0.3 is 5.32 Å². The van der Waals surface area contributed by atoms with Gasteiger partial charge in [0.1, 0.15) is 5.15 Å². The molecule has 2 aliphatic heterocycles. The number of aromatic nitrogens is 1. The summed E-state index contributed by atoms with van der Waals surface area (Å²) >= 11 is 6.05. The first-order valence-electron chi connectivity index (χ1n) is 7.92. The Bertz CT molecular complexity index is 739. The second-order valence-electron chi connectivity index (χ2n) is 6.33. The number of pyridine rings is 1. The normalized spacial score (nSPS) is 19.6. The number of carbonyl (C=O) groups excluding carboxylic acids is 1. The fraction of sp³-hybridized carbons (Fsp3) is 0.333. The van der Waals surface area contributed by atoms with Crippen LogP contribution in [0.1, 0.15) is 24.1 Å². The Morgan fingerprint density at radius 2 is 1.87 bits per heavy atom. The molecule has 1 amide bonds. The molecule has 1 aromatic carbocycles. The highest BCUT2D eigenvalue weighted by Gasteiger charge is 2.49. The van der Waals surface area contributed by atoms with Crippen molar-refractivity contribution in [2.24, 2.45) is 0 Å². The number of halogens is 1. The highest BCUT2D eigenvalue weighted by atomic mass is 35.5. The molecule has 118 valence electrons. The quantitative estimate of drug-likeness (QED) is 0.861. The fourth-order valence-electron chi connectivity index (χ4n) is 3.65. The maximum Gasteiger partial charge on any atom is 0.236 e. The number of anilines is 1. The van der Waals surface area contributed by atoms with Gasteiger partial charge in [0.05, 0.1) is 16.8 Å². The largest absolute Gasteiger partial charge is 0.324 e. The van der Waals surface area contributed by atoms with Crippen molar-refractivity contribution in [3.8, 4) is 0 Å². The van der Waals surface area contributed by atoms with Crippen LogP contribution in [0.4, 0.5) is 5.69 Å². The standard InChI is InChI=1S/C18H18ClN3O/c19-15-7-6-14-16(21-15)18(17(23)20-14)8-10-22(11-9-18)12-13-4-2-1-3-5-13/h1-7H,8-12H2,(H,20,23). The molecule has 1 aromatic heterocycles. The molecule has 2 aliphatic rings. The first-order valence-corrected chi connectivity index (χ1v) is 8.30. The third-order valence-corrected chi connectivity index (χ3v) is 5.17. The van der Waals surface area contributed by atoms with Gasteiger partial charge in [0.2, 0.25) is 5.91 Å². The number of carbonyl (C=O) groups is 1. The zero-order chi connectivity index (χ0) is 15.9. The first kappa shape index (κ1) is 14.7. The minimum Gasteiger partial charge on any atom is -0.324 e. The summed E-state index contributed by atoms with van der Waals surface area (Å²) in [4.78, 5) is 19.4. The van der Waals surface area contributed by atoms with Gasteiger partial charge in [-0.3, -0.25) is 9.69 Å². The molecular formula is C18H18ClN3O. The van der Waals surface area contributed by atoms with Crippen LogP contribution in [-0.2, 0) is 16.8 Å². The van der Waals surface area contributed by atoms with Gasteiger partial charge >= 0.3 is 0 Å². The molecule has 0 atom stereocenters. The zero-order valence-electron chi connectivity index (χ0n) is 12.8. The molecule has 5 heteroatoms. The predicted molar refractivity (Wildman–Crippen MR) is 90.5 cm³/mol. The van der Waals surface area contributed by atoms with Crippen LogP contribution in [0.3, 0.4) is 0 Å². The third kappa shape index (κ3) is 2.52. The van der Waals surface area contributed by atoms with Crippen molar-refractivity contribution in [2.45, 2.75) is 24.8 Å². The van der Waals surface area contributed by atoms with E-state index in [2.05, 4.69) is 39.5 Å². The Morgan fingerprint density at radius 3 is 2.61 bits per heavy atom. The van der Waals surface area contributed by atoms with Gasteiger partial charge in [-0.1, -0.05) is 41.9 Å². The number of piperidine rings is 1. The molecule has 4 rings (SSSR count). The summed E-state index contributed by atoms with van der Waals surface area (Å²) in [5.74, 6) is 0.0710. The summed E-state index contributed by atoms with van der Waals surface area (Å²) in [6, 6.07) is 14.0. The van der Waals surface area contributed by atoms with E-state index in [0.29, 0.717) is 5.15 Å². The summed E-state index contributed by atoms with van der Waals surface area (Å²) in [5.41, 5.74) is 2.44. The average Bonchev–Trinajstić information content (AvgIpc) is 2.83. The van der Waals surface area contributed by atoms with Crippen LogP contribution in [0.2, 0.25) is 5.15 Å². The van der Waals surface area contributed by atoms with Crippen molar-refractivity contribution >= 4 is 23.2 Å². The van der Waals surface area contributed by atoms with Gasteiger partial charge in [0, 0.05) is 6.54 Å². The van der Waals surface area contributed by atoms with Gasteiger partial charge in [-0.2, -0.15) is 0 Å². The lowest BCUT2D eigenvalue weighted by Crippen LogP contribution is -2.46. The minimum atomic E-state index is -0.507. The second kappa shape index (κ2) is 5.62. The van der Waals surface area contributed by atoms with Crippen molar-refractivity contribution in [3.63, 3.8) is 0 Å². The van der Waals surface area contributed by atoms with Crippen LogP contribution in [0.15, 0.2) is 42.5 Å². The van der Waals surface area contributed by atoms with Gasteiger partial charge in [-0.15, -0.1) is 0 Å². The molecule has 4 nitrogen and oxygen atoms in total. The van der Waals surface area contributed by atoms with Crippen molar-refractivity contribution in [2.75, 3.05) is 18.4 Å². The van der Waals surface area contributed by atoms with Gasteiger partial charge in [-0.05, 0) is 43.6 Å². The summed E-state index contributed by atoms with van der Waals surface area (Å²) in [5, 5.41) is 3.42.